The van der Waals surface area contributed by atoms with Gasteiger partial charge in [0.05, 0.1) is 5.69 Å². The van der Waals surface area contributed by atoms with Crippen LogP contribution in [0.25, 0.3) is 0 Å². The van der Waals surface area contributed by atoms with Gasteiger partial charge in [-0.05, 0) is 37.3 Å². The van der Waals surface area contributed by atoms with Crippen molar-refractivity contribution >= 4 is 34.9 Å². The van der Waals surface area contributed by atoms with Gasteiger partial charge in [0.1, 0.15) is 5.82 Å². The van der Waals surface area contributed by atoms with Crippen molar-refractivity contribution in [3.05, 3.63) is 47.4 Å². The monoisotopic (exact) mass is 335 g/mol. The smallest absolute Gasteiger partial charge is 0.279 e. The Kier molecular flexibility index (Phi) is 3.65. The third-order valence-electron chi connectivity index (χ3n) is 3.36. The number of rotatable bonds is 2. The van der Waals surface area contributed by atoms with Gasteiger partial charge in [0.2, 0.25) is 0 Å². The standard InChI is InChI=1S/C15H11ClFN3O3/c1-15(13(21)19-10-5-4-8(16)7-9(10)17)14(22)20-12-11(23-15)3-2-6-18-12/h2-7H,1H3,(H,19,21)(H,18,20,22). The van der Waals surface area contributed by atoms with E-state index in [2.05, 4.69) is 15.6 Å². The summed E-state index contributed by atoms with van der Waals surface area (Å²) in [5, 5.41) is 5.01. The van der Waals surface area contributed by atoms with Crippen molar-refractivity contribution in [2.45, 2.75) is 12.5 Å². The summed E-state index contributed by atoms with van der Waals surface area (Å²) in [6.45, 7) is 1.29. The summed E-state index contributed by atoms with van der Waals surface area (Å²) in [6, 6.07) is 6.95. The summed E-state index contributed by atoms with van der Waals surface area (Å²) in [6.07, 6.45) is 1.48. The molecule has 0 aliphatic carbocycles. The number of amides is 2. The molecule has 2 amide bonds. The van der Waals surface area contributed by atoms with Crippen LogP contribution in [0.5, 0.6) is 5.75 Å². The Morgan fingerprint density at radius 2 is 2.22 bits per heavy atom. The second kappa shape index (κ2) is 5.51. The third-order valence-corrected chi connectivity index (χ3v) is 3.60. The van der Waals surface area contributed by atoms with Gasteiger partial charge >= 0.3 is 0 Å². The molecule has 0 saturated heterocycles. The van der Waals surface area contributed by atoms with Gasteiger partial charge in [0, 0.05) is 11.2 Å². The predicted molar refractivity (Wildman–Crippen MR) is 81.9 cm³/mol. The third kappa shape index (κ3) is 2.70. The maximum absolute atomic E-state index is 13.8. The molecule has 2 aromatic rings. The molecule has 0 spiro atoms. The molecular weight excluding hydrogens is 325 g/mol. The first kappa shape index (κ1) is 15.2. The van der Waals surface area contributed by atoms with Gasteiger partial charge in [0.25, 0.3) is 17.4 Å². The van der Waals surface area contributed by atoms with Gasteiger partial charge in [-0.3, -0.25) is 9.59 Å². The van der Waals surface area contributed by atoms with Crippen LogP contribution in [0, 0.1) is 5.82 Å². The lowest BCUT2D eigenvalue weighted by Crippen LogP contribution is -2.56. The molecule has 1 aliphatic heterocycles. The quantitative estimate of drug-likeness (QED) is 0.827. The number of carbonyl (C=O) groups is 2. The molecule has 1 unspecified atom stereocenters. The molecular formula is C15H11ClFN3O3. The van der Waals surface area contributed by atoms with Crippen LogP contribution in [0.15, 0.2) is 36.5 Å². The highest BCUT2D eigenvalue weighted by atomic mass is 35.5. The number of benzene rings is 1. The zero-order valence-corrected chi connectivity index (χ0v) is 12.6. The Morgan fingerprint density at radius 1 is 1.43 bits per heavy atom. The Hall–Kier alpha value is -2.67. The average molecular weight is 336 g/mol. The molecule has 118 valence electrons. The number of hydrogen-bond acceptors (Lipinski definition) is 4. The van der Waals surface area contributed by atoms with Crippen LogP contribution in [0.1, 0.15) is 6.92 Å². The largest absolute Gasteiger partial charge is 0.464 e. The number of fused-ring (bicyclic) bond motifs is 1. The normalized spacial score (nSPS) is 19.3. The van der Waals surface area contributed by atoms with Crippen LogP contribution in [-0.4, -0.2) is 22.4 Å². The number of nitrogens with zero attached hydrogens (tertiary/aromatic N) is 1. The van der Waals surface area contributed by atoms with E-state index in [0.717, 1.165) is 6.07 Å². The van der Waals surface area contributed by atoms with Crippen LogP contribution in [0.3, 0.4) is 0 Å². The number of hydrogen-bond donors (Lipinski definition) is 2. The summed E-state index contributed by atoms with van der Waals surface area (Å²) in [7, 11) is 0. The lowest BCUT2D eigenvalue weighted by Gasteiger charge is -2.32. The van der Waals surface area contributed by atoms with E-state index in [1.807, 2.05) is 0 Å². The minimum Gasteiger partial charge on any atom is -0.464 e. The van der Waals surface area contributed by atoms with Crippen LogP contribution >= 0.6 is 11.6 Å². The SMILES string of the molecule is CC1(C(=O)Nc2ccc(Cl)cc2F)Oc2cccnc2NC1=O. The number of anilines is 2. The zero-order valence-electron chi connectivity index (χ0n) is 11.9. The second-order valence-corrected chi connectivity index (χ2v) is 5.45. The molecule has 0 bridgehead atoms. The van der Waals surface area contributed by atoms with Crippen molar-refractivity contribution < 1.29 is 18.7 Å². The van der Waals surface area contributed by atoms with Gasteiger partial charge in [-0.15, -0.1) is 0 Å². The summed E-state index contributed by atoms with van der Waals surface area (Å²) >= 11 is 5.66. The Balaban J connectivity index is 1.88. The van der Waals surface area contributed by atoms with Gasteiger partial charge in [-0.1, -0.05) is 11.6 Å². The molecule has 8 heteroatoms. The van der Waals surface area contributed by atoms with E-state index in [0.29, 0.717) is 0 Å². The fourth-order valence-electron chi connectivity index (χ4n) is 2.04. The maximum atomic E-state index is 13.8. The fourth-order valence-corrected chi connectivity index (χ4v) is 2.20. The molecule has 2 N–H and O–H groups in total. The molecule has 0 fully saturated rings. The van der Waals surface area contributed by atoms with E-state index in [9.17, 15) is 14.0 Å². The van der Waals surface area contributed by atoms with Crippen molar-refractivity contribution in [2.75, 3.05) is 10.6 Å². The molecule has 0 radical (unpaired) electrons. The van der Waals surface area contributed by atoms with E-state index in [4.69, 9.17) is 16.3 Å². The van der Waals surface area contributed by atoms with Crippen molar-refractivity contribution in [3.63, 3.8) is 0 Å². The number of aromatic nitrogens is 1. The Labute approximate surface area is 135 Å². The molecule has 1 aromatic heterocycles. The van der Waals surface area contributed by atoms with Gasteiger partial charge in [0.15, 0.2) is 11.6 Å². The molecule has 2 heterocycles. The topological polar surface area (TPSA) is 80.3 Å². The summed E-state index contributed by atoms with van der Waals surface area (Å²) < 4.78 is 19.3. The van der Waals surface area contributed by atoms with Crippen molar-refractivity contribution in [2.24, 2.45) is 0 Å². The van der Waals surface area contributed by atoms with Crippen molar-refractivity contribution in [1.29, 1.82) is 0 Å². The second-order valence-electron chi connectivity index (χ2n) is 5.02. The molecule has 1 atom stereocenters. The van der Waals surface area contributed by atoms with Gasteiger partial charge < -0.3 is 15.4 Å². The van der Waals surface area contributed by atoms with E-state index in [-0.39, 0.29) is 22.3 Å². The number of nitrogens with one attached hydrogen (secondary N) is 2. The summed E-state index contributed by atoms with van der Waals surface area (Å²) in [5.74, 6) is -1.75. The lowest BCUT2D eigenvalue weighted by molar-refractivity contribution is -0.143. The van der Waals surface area contributed by atoms with Crippen LogP contribution in [-0.2, 0) is 9.59 Å². The van der Waals surface area contributed by atoms with E-state index in [1.54, 1.807) is 12.1 Å². The molecule has 6 nitrogen and oxygen atoms in total. The van der Waals surface area contributed by atoms with Crippen LogP contribution in [0.4, 0.5) is 15.9 Å². The molecule has 1 aromatic carbocycles. The summed E-state index contributed by atoms with van der Waals surface area (Å²) in [5.41, 5.74) is -1.96. The minimum absolute atomic E-state index is 0.103. The lowest BCUT2D eigenvalue weighted by atomic mass is 10.0. The predicted octanol–water partition coefficient (Wildman–Crippen LogP) is 2.60. The fraction of sp³-hybridized carbons (Fsp3) is 0.133. The highest BCUT2D eigenvalue weighted by molar-refractivity contribution is 6.30. The Morgan fingerprint density at radius 3 is 2.96 bits per heavy atom. The van der Waals surface area contributed by atoms with Gasteiger partial charge in [-0.2, -0.15) is 0 Å². The van der Waals surface area contributed by atoms with Crippen LogP contribution in [0.2, 0.25) is 5.02 Å². The van der Waals surface area contributed by atoms with Crippen molar-refractivity contribution in [3.8, 4) is 5.75 Å². The highest BCUT2D eigenvalue weighted by Gasteiger charge is 2.47. The van der Waals surface area contributed by atoms with E-state index in [1.165, 1.54) is 25.3 Å². The van der Waals surface area contributed by atoms with Gasteiger partial charge in [-0.25, -0.2) is 9.37 Å². The first-order chi connectivity index (χ1) is 10.9. The average Bonchev–Trinajstić information content (AvgIpc) is 2.51. The molecule has 3 rings (SSSR count). The first-order valence-electron chi connectivity index (χ1n) is 6.62. The number of carbonyl (C=O) groups excluding carboxylic acids is 2. The summed E-state index contributed by atoms with van der Waals surface area (Å²) in [4.78, 5) is 28.6. The molecule has 1 aliphatic rings. The first-order valence-corrected chi connectivity index (χ1v) is 7.00. The van der Waals surface area contributed by atoms with Crippen LogP contribution < -0.4 is 15.4 Å². The minimum atomic E-state index is -1.86. The number of pyridine rings is 1. The zero-order chi connectivity index (χ0) is 16.6. The highest BCUT2D eigenvalue weighted by Crippen LogP contribution is 2.32. The molecule has 23 heavy (non-hydrogen) atoms. The molecule has 0 saturated carbocycles. The van der Waals surface area contributed by atoms with E-state index < -0.39 is 23.2 Å². The van der Waals surface area contributed by atoms with Crippen molar-refractivity contribution in [1.82, 2.24) is 4.98 Å². The Bertz CT molecular complexity index is 814. The number of halogens is 2. The van der Waals surface area contributed by atoms with E-state index >= 15 is 0 Å². The maximum Gasteiger partial charge on any atom is 0.279 e. The number of ether oxygens (including phenoxy) is 1.